The maximum Gasteiger partial charge on any atom is 0.416 e. The van der Waals surface area contributed by atoms with Crippen LogP contribution in [0, 0.1) is 11.8 Å². The smallest absolute Gasteiger partial charge is 0.416 e. The summed E-state index contributed by atoms with van der Waals surface area (Å²) in [5.41, 5.74) is 2.13. The van der Waals surface area contributed by atoms with Gasteiger partial charge in [0.05, 0.1) is 18.1 Å². The van der Waals surface area contributed by atoms with Gasteiger partial charge in [0.2, 0.25) is 5.91 Å². The molecule has 1 aromatic carbocycles. The molecule has 0 radical (unpaired) electrons. The van der Waals surface area contributed by atoms with E-state index in [1.54, 1.807) is 0 Å². The molecule has 0 spiro atoms. The van der Waals surface area contributed by atoms with Gasteiger partial charge in [0.1, 0.15) is 6.61 Å². The van der Waals surface area contributed by atoms with E-state index in [2.05, 4.69) is 39.6 Å². The summed E-state index contributed by atoms with van der Waals surface area (Å²) < 4.78 is 11.7. The summed E-state index contributed by atoms with van der Waals surface area (Å²) in [6, 6.07) is 9.60. The van der Waals surface area contributed by atoms with Crippen molar-refractivity contribution in [1.82, 2.24) is 4.90 Å². The number of allylic oxidation sites excluding steroid dienone is 1. The summed E-state index contributed by atoms with van der Waals surface area (Å²) in [7, 11) is -1.92. The second-order valence-electron chi connectivity index (χ2n) is 9.36. The minimum absolute atomic E-state index is 0.224. The van der Waals surface area contributed by atoms with Crippen molar-refractivity contribution in [1.29, 1.82) is 0 Å². The highest BCUT2D eigenvalue weighted by molar-refractivity contribution is 6.69. The van der Waals surface area contributed by atoms with E-state index in [-0.39, 0.29) is 24.7 Å². The zero-order chi connectivity index (χ0) is 22.5. The lowest BCUT2D eigenvalue weighted by atomic mass is 9.93. The van der Waals surface area contributed by atoms with Crippen molar-refractivity contribution in [2.45, 2.75) is 72.3 Å². The summed E-state index contributed by atoms with van der Waals surface area (Å²) in [5, 5.41) is 0. The minimum Gasteiger partial charge on any atom is -0.447 e. The Hall–Kier alpha value is -1.92. The average Bonchev–Trinajstić information content (AvgIpc) is 3.04. The zero-order valence-corrected chi connectivity index (χ0v) is 20.5. The van der Waals surface area contributed by atoms with Crippen LogP contribution >= 0.6 is 0 Å². The lowest BCUT2D eigenvalue weighted by molar-refractivity contribution is -0.135. The molecular weight excluding hydrogens is 394 g/mol. The molecule has 0 bridgehead atoms. The van der Waals surface area contributed by atoms with E-state index in [1.165, 1.54) is 4.90 Å². The van der Waals surface area contributed by atoms with Gasteiger partial charge in [0.25, 0.3) is 0 Å². The monoisotopic (exact) mass is 431 g/mol. The molecule has 30 heavy (non-hydrogen) atoms. The van der Waals surface area contributed by atoms with Crippen LogP contribution in [0.15, 0.2) is 42.0 Å². The summed E-state index contributed by atoms with van der Waals surface area (Å²) >= 11 is 0. The first-order chi connectivity index (χ1) is 14.0. The first-order valence-electron chi connectivity index (χ1n) is 10.9. The van der Waals surface area contributed by atoms with Crippen molar-refractivity contribution in [3.05, 3.63) is 47.5 Å². The third-order valence-electron chi connectivity index (χ3n) is 5.48. The summed E-state index contributed by atoms with van der Waals surface area (Å²) in [5.74, 6) is -0.290. The van der Waals surface area contributed by atoms with Crippen LogP contribution in [0.2, 0.25) is 19.6 Å². The number of benzene rings is 1. The van der Waals surface area contributed by atoms with Crippen molar-refractivity contribution in [2.75, 3.05) is 6.61 Å². The topological polar surface area (TPSA) is 55.8 Å². The molecule has 2 rings (SSSR count). The molecule has 1 fully saturated rings. The Morgan fingerprint density at radius 3 is 2.47 bits per heavy atom. The Balaban J connectivity index is 2.26. The van der Waals surface area contributed by atoms with Crippen LogP contribution in [0.1, 0.15) is 39.7 Å². The Labute approximate surface area is 182 Å². The number of nitrogens with zero attached hydrogens (tertiary/aromatic N) is 1. The number of cyclic esters (lactones) is 1. The number of hydrogen-bond acceptors (Lipinski definition) is 4. The predicted molar refractivity (Wildman–Crippen MR) is 123 cm³/mol. The molecule has 1 aromatic rings. The van der Waals surface area contributed by atoms with Crippen LogP contribution in [0.3, 0.4) is 0 Å². The first-order valence-corrected chi connectivity index (χ1v) is 14.3. The zero-order valence-electron chi connectivity index (χ0n) is 19.5. The Morgan fingerprint density at radius 1 is 1.27 bits per heavy atom. The van der Waals surface area contributed by atoms with Crippen LogP contribution < -0.4 is 0 Å². The second kappa shape index (κ2) is 10.4. The van der Waals surface area contributed by atoms with Gasteiger partial charge in [-0.05, 0) is 50.0 Å². The van der Waals surface area contributed by atoms with E-state index in [9.17, 15) is 9.59 Å². The molecule has 0 aliphatic carbocycles. The fourth-order valence-electron chi connectivity index (χ4n) is 3.75. The third-order valence-corrected chi connectivity index (χ3v) is 6.44. The van der Waals surface area contributed by atoms with Crippen LogP contribution in [0.5, 0.6) is 0 Å². The molecule has 0 aromatic heterocycles. The van der Waals surface area contributed by atoms with Gasteiger partial charge in [-0.15, -0.1) is 0 Å². The number of hydrogen-bond donors (Lipinski definition) is 0. The lowest BCUT2D eigenvalue weighted by Gasteiger charge is -2.33. The van der Waals surface area contributed by atoms with Crippen LogP contribution in [-0.2, 0) is 20.4 Å². The van der Waals surface area contributed by atoms with Crippen molar-refractivity contribution in [3.8, 4) is 0 Å². The van der Waals surface area contributed by atoms with Gasteiger partial charge in [-0.2, -0.15) is 0 Å². The summed E-state index contributed by atoms with van der Waals surface area (Å²) in [4.78, 5) is 27.2. The number of ether oxygens (including phenoxy) is 1. The Morgan fingerprint density at radius 2 is 1.90 bits per heavy atom. The van der Waals surface area contributed by atoms with Gasteiger partial charge in [-0.25, -0.2) is 9.69 Å². The molecule has 5 nitrogen and oxygen atoms in total. The minimum atomic E-state index is -1.92. The molecule has 0 saturated carbocycles. The number of amides is 2. The number of rotatable bonds is 9. The molecular formula is C24H37NO4Si. The van der Waals surface area contributed by atoms with Gasteiger partial charge in [0.15, 0.2) is 8.32 Å². The Kier molecular flexibility index (Phi) is 8.44. The molecule has 0 N–H and O–H groups in total. The molecule has 166 valence electrons. The maximum absolute atomic E-state index is 13.5. The average molecular weight is 432 g/mol. The van der Waals surface area contributed by atoms with E-state index >= 15 is 0 Å². The second-order valence-corrected chi connectivity index (χ2v) is 13.8. The van der Waals surface area contributed by atoms with Crippen LogP contribution in [0.4, 0.5) is 4.79 Å². The molecule has 0 unspecified atom stereocenters. The molecule has 2 amide bonds. The van der Waals surface area contributed by atoms with E-state index in [1.807, 2.05) is 44.2 Å². The molecule has 6 heteroatoms. The van der Waals surface area contributed by atoms with Gasteiger partial charge < -0.3 is 9.16 Å². The van der Waals surface area contributed by atoms with E-state index in [0.29, 0.717) is 12.3 Å². The van der Waals surface area contributed by atoms with Gasteiger partial charge in [-0.3, -0.25) is 4.79 Å². The summed E-state index contributed by atoms with van der Waals surface area (Å²) in [6.45, 7) is 14.8. The molecule has 1 aliphatic rings. The van der Waals surface area contributed by atoms with E-state index in [4.69, 9.17) is 9.16 Å². The van der Waals surface area contributed by atoms with Gasteiger partial charge in [0, 0.05) is 0 Å². The summed E-state index contributed by atoms with van der Waals surface area (Å²) in [6.07, 6.45) is 2.91. The van der Waals surface area contributed by atoms with E-state index < -0.39 is 20.3 Å². The van der Waals surface area contributed by atoms with Crippen molar-refractivity contribution >= 4 is 20.3 Å². The molecule has 4 atom stereocenters. The first kappa shape index (κ1) is 24.3. The SMILES string of the molecule is CC[C@H](C)/C=C(\C)[C@@H](O[Si](C)(C)C)[C@@H](C)C(=O)N1C(=O)OC[C@@H]1Cc1ccccc1. The van der Waals surface area contributed by atoms with Crippen LogP contribution in [-0.4, -0.2) is 44.0 Å². The van der Waals surface area contributed by atoms with Crippen molar-refractivity contribution in [2.24, 2.45) is 11.8 Å². The fourth-order valence-corrected chi connectivity index (χ4v) is 4.90. The maximum atomic E-state index is 13.5. The highest BCUT2D eigenvalue weighted by Crippen LogP contribution is 2.27. The normalized spacial score (nSPS) is 20.6. The standard InChI is InChI=1S/C24H37NO4Si/c1-8-17(2)14-18(3)22(29-30(5,6)7)19(4)23(26)25-21(16-28-24(25)27)15-20-12-10-9-11-13-20/h9-14,17,19,21-22H,8,15-16H2,1-7H3/b18-14+/t17-,19+,21-,22+/m0/s1. The third kappa shape index (κ3) is 6.54. The largest absolute Gasteiger partial charge is 0.447 e. The molecule has 1 heterocycles. The quantitative estimate of drug-likeness (QED) is 0.387. The highest BCUT2D eigenvalue weighted by atomic mass is 28.4. The fraction of sp³-hybridized carbons (Fsp3) is 0.583. The molecule has 1 saturated heterocycles. The van der Waals surface area contributed by atoms with Crippen molar-refractivity contribution < 1.29 is 18.8 Å². The van der Waals surface area contributed by atoms with Crippen molar-refractivity contribution in [3.63, 3.8) is 0 Å². The number of imide groups is 1. The predicted octanol–water partition coefficient (Wildman–Crippen LogP) is 5.43. The van der Waals surface area contributed by atoms with Gasteiger partial charge in [-0.1, -0.05) is 63.6 Å². The molecule has 1 aliphatic heterocycles. The lowest BCUT2D eigenvalue weighted by Crippen LogP contribution is -2.48. The highest BCUT2D eigenvalue weighted by Gasteiger charge is 2.42. The number of carbonyl (C=O) groups excluding carboxylic acids is 2. The van der Waals surface area contributed by atoms with E-state index in [0.717, 1.165) is 17.6 Å². The van der Waals surface area contributed by atoms with Gasteiger partial charge >= 0.3 is 6.09 Å². The van der Waals surface area contributed by atoms with Crippen LogP contribution in [0.25, 0.3) is 0 Å². The number of carbonyl (C=O) groups is 2. The Bertz CT molecular complexity index is 756.